The molecule has 1 aliphatic heterocycles. The van der Waals surface area contributed by atoms with E-state index in [2.05, 4.69) is 10.5 Å². The maximum Gasteiger partial charge on any atom is 0.336 e. The maximum absolute atomic E-state index is 12.7. The lowest BCUT2D eigenvalue weighted by Crippen LogP contribution is -2.42. The molecule has 0 radical (unpaired) electrons. The minimum absolute atomic E-state index is 0.0870. The van der Waals surface area contributed by atoms with Crippen LogP contribution in [0.3, 0.4) is 0 Å². The van der Waals surface area contributed by atoms with Gasteiger partial charge in [0.25, 0.3) is 5.91 Å². The number of hydrogen-bond acceptors (Lipinski definition) is 5. The molecule has 1 heterocycles. The summed E-state index contributed by atoms with van der Waals surface area (Å²) in [5.41, 5.74) is 3.55. The number of hydrazone groups is 1. The van der Waals surface area contributed by atoms with Crippen LogP contribution in [-0.2, 0) is 4.79 Å². The third-order valence-electron chi connectivity index (χ3n) is 5.04. The number of rotatable bonds is 6. The quantitative estimate of drug-likeness (QED) is 0.563. The second kappa shape index (κ2) is 9.69. The standard InChI is InChI=1S/C22H23N3O5/c1-30-18-7-4-6-16(13-18)21(27)25-11-9-15(10-12-25)20(26)24-23-14-17-5-2-3-8-19(17)22(28)29/h2-8,13-15H,9-12H2,1H3,(H,24,26)(H,28,29)/b23-14-. The summed E-state index contributed by atoms with van der Waals surface area (Å²) in [5.74, 6) is -1.02. The van der Waals surface area contributed by atoms with Crippen LogP contribution in [0.4, 0.5) is 0 Å². The summed E-state index contributed by atoms with van der Waals surface area (Å²) in [7, 11) is 1.55. The molecule has 0 spiro atoms. The highest BCUT2D eigenvalue weighted by atomic mass is 16.5. The Balaban J connectivity index is 1.53. The van der Waals surface area contributed by atoms with Gasteiger partial charge in [-0.05, 0) is 37.1 Å². The van der Waals surface area contributed by atoms with Gasteiger partial charge in [-0.25, -0.2) is 10.2 Å². The van der Waals surface area contributed by atoms with Gasteiger partial charge in [-0.3, -0.25) is 9.59 Å². The van der Waals surface area contributed by atoms with Crippen molar-refractivity contribution in [1.29, 1.82) is 0 Å². The zero-order valence-electron chi connectivity index (χ0n) is 16.6. The van der Waals surface area contributed by atoms with Crippen molar-refractivity contribution in [2.75, 3.05) is 20.2 Å². The summed E-state index contributed by atoms with van der Waals surface area (Å²) in [6.45, 7) is 0.944. The summed E-state index contributed by atoms with van der Waals surface area (Å²) >= 11 is 0. The maximum atomic E-state index is 12.7. The molecule has 2 N–H and O–H groups in total. The fourth-order valence-electron chi connectivity index (χ4n) is 3.34. The number of aromatic carboxylic acids is 1. The van der Waals surface area contributed by atoms with E-state index in [0.717, 1.165) is 0 Å². The molecule has 156 valence electrons. The van der Waals surface area contributed by atoms with Crippen molar-refractivity contribution in [3.63, 3.8) is 0 Å². The van der Waals surface area contributed by atoms with Gasteiger partial charge in [-0.2, -0.15) is 5.10 Å². The minimum Gasteiger partial charge on any atom is -0.497 e. The van der Waals surface area contributed by atoms with E-state index in [-0.39, 0.29) is 23.3 Å². The van der Waals surface area contributed by atoms with Crippen LogP contribution < -0.4 is 10.2 Å². The summed E-state index contributed by atoms with van der Waals surface area (Å²) in [4.78, 5) is 38.0. The number of nitrogens with zero attached hydrogens (tertiary/aromatic N) is 2. The first-order valence-electron chi connectivity index (χ1n) is 9.58. The highest BCUT2D eigenvalue weighted by molar-refractivity contribution is 5.98. The summed E-state index contributed by atoms with van der Waals surface area (Å²) in [5, 5.41) is 13.1. The van der Waals surface area contributed by atoms with Gasteiger partial charge >= 0.3 is 5.97 Å². The van der Waals surface area contributed by atoms with E-state index in [1.54, 1.807) is 54.5 Å². The second-order valence-electron chi connectivity index (χ2n) is 6.93. The number of carboxylic acid groups (broad SMARTS) is 1. The smallest absolute Gasteiger partial charge is 0.336 e. The molecular weight excluding hydrogens is 386 g/mol. The Morgan fingerprint density at radius 1 is 1.13 bits per heavy atom. The molecule has 0 saturated carbocycles. The van der Waals surface area contributed by atoms with Crippen molar-refractivity contribution < 1.29 is 24.2 Å². The van der Waals surface area contributed by atoms with E-state index in [1.165, 1.54) is 12.3 Å². The number of carbonyl (C=O) groups excluding carboxylic acids is 2. The van der Waals surface area contributed by atoms with Crippen LogP contribution >= 0.6 is 0 Å². The van der Waals surface area contributed by atoms with Crippen molar-refractivity contribution >= 4 is 24.0 Å². The van der Waals surface area contributed by atoms with Crippen molar-refractivity contribution in [2.45, 2.75) is 12.8 Å². The Labute approximate surface area is 174 Å². The van der Waals surface area contributed by atoms with Crippen LogP contribution in [0.1, 0.15) is 39.1 Å². The van der Waals surface area contributed by atoms with E-state index in [9.17, 15) is 19.5 Å². The van der Waals surface area contributed by atoms with Crippen LogP contribution in [0, 0.1) is 5.92 Å². The molecule has 2 amide bonds. The number of benzene rings is 2. The van der Waals surface area contributed by atoms with Gasteiger partial charge in [0, 0.05) is 30.1 Å². The van der Waals surface area contributed by atoms with Crippen LogP contribution in [0.25, 0.3) is 0 Å². The van der Waals surface area contributed by atoms with Gasteiger partial charge in [-0.15, -0.1) is 0 Å². The highest BCUT2D eigenvalue weighted by Crippen LogP contribution is 2.21. The minimum atomic E-state index is -1.06. The normalized spacial score (nSPS) is 14.5. The molecule has 2 aromatic carbocycles. The average molecular weight is 409 g/mol. The van der Waals surface area contributed by atoms with Crippen LogP contribution in [0.15, 0.2) is 53.6 Å². The van der Waals surface area contributed by atoms with E-state index in [1.807, 2.05) is 0 Å². The number of nitrogens with one attached hydrogen (secondary N) is 1. The highest BCUT2D eigenvalue weighted by Gasteiger charge is 2.27. The fourth-order valence-corrected chi connectivity index (χ4v) is 3.34. The van der Waals surface area contributed by atoms with Crippen molar-refractivity contribution in [1.82, 2.24) is 10.3 Å². The third-order valence-corrected chi connectivity index (χ3v) is 5.04. The Hall–Kier alpha value is -3.68. The van der Waals surface area contributed by atoms with Crippen molar-refractivity contribution in [2.24, 2.45) is 11.0 Å². The lowest BCUT2D eigenvalue weighted by molar-refractivity contribution is -0.126. The lowest BCUT2D eigenvalue weighted by Gasteiger charge is -2.31. The average Bonchev–Trinajstić information content (AvgIpc) is 2.78. The number of methoxy groups -OCH3 is 1. The topological polar surface area (TPSA) is 108 Å². The van der Waals surface area contributed by atoms with Gasteiger partial charge in [0.2, 0.25) is 5.91 Å². The summed E-state index contributed by atoms with van der Waals surface area (Å²) < 4.78 is 5.16. The Kier molecular flexibility index (Phi) is 6.79. The number of hydrogen-bond donors (Lipinski definition) is 2. The largest absolute Gasteiger partial charge is 0.497 e. The van der Waals surface area contributed by atoms with E-state index < -0.39 is 5.97 Å². The first kappa shape index (κ1) is 21.0. The Bertz CT molecular complexity index is 965. The molecule has 0 atom stereocenters. The van der Waals surface area contributed by atoms with Crippen LogP contribution in [0.5, 0.6) is 5.75 Å². The Morgan fingerprint density at radius 3 is 2.57 bits per heavy atom. The van der Waals surface area contributed by atoms with Gasteiger partial charge in [0.05, 0.1) is 18.9 Å². The molecule has 0 bridgehead atoms. The number of likely N-dealkylation sites (tertiary alicyclic amines) is 1. The SMILES string of the molecule is COc1cccc(C(=O)N2CCC(C(=O)N/N=C\c3ccccc3C(=O)O)CC2)c1. The Morgan fingerprint density at radius 2 is 1.87 bits per heavy atom. The summed E-state index contributed by atoms with van der Waals surface area (Å²) in [6.07, 6.45) is 2.38. The predicted octanol–water partition coefficient (Wildman–Crippen LogP) is 2.40. The second-order valence-corrected chi connectivity index (χ2v) is 6.93. The molecule has 3 rings (SSSR count). The number of carbonyl (C=O) groups is 3. The molecule has 0 aliphatic carbocycles. The molecule has 0 aromatic heterocycles. The summed E-state index contributed by atoms with van der Waals surface area (Å²) in [6, 6.07) is 13.4. The first-order chi connectivity index (χ1) is 14.5. The molecule has 1 saturated heterocycles. The van der Waals surface area contributed by atoms with Crippen LogP contribution in [-0.4, -0.2) is 54.2 Å². The van der Waals surface area contributed by atoms with Crippen molar-refractivity contribution in [3.05, 3.63) is 65.2 Å². The molecule has 8 nitrogen and oxygen atoms in total. The van der Waals surface area contributed by atoms with Gasteiger partial charge in [-0.1, -0.05) is 24.3 Å². The van der Waals surface area contributed by atoms with E-state index in [4.69, 9.17) is 4.74 Å². The monoisotopic (exact) mass is 409 g/mol. The molecule has 1 aliphatic rings. The molecular formula is C22H23N3O5. The van der Waals surface area contributed by atoms with Gasteiger partial charge in [0.15, 0.2) is 0 Å². The number of carboxylic acids is 1. The molecule has 2 aromatic rings. The van der Waals surface area contributed by atoms with E-state index >= 15 is 0 Å². The first-order valence-corrected chi connectivity index (χ1v) is 9.58. The molecule has 0 unspecified atom stereocenters. The molecule has 1 fully saturated rings. The van der Waals surface area contributed by atoms with Crippen LogP contribution in [0.2, 0.25) is 0 Å². The molecule has 8 heteroatoms. The third kappa shape index (κ3) is 5.02. The van der Waals surface area contributed by atoms with E-state index in [0.29, 0.717) is 42.8 Å². The van der Waals surface area contributed by atoms with Crippen molar-refractivity contribution in [3.8, 4) is 5.75 Å². The number of piperidine rings is 1. The van der Waals surface area contributed by atoms with Gasteiger partial charge < -0.3 is 14.7 Å². The van der Waals surface area contributed by atoms with Gasteiger partial charge in [0.1, 0.15) is 5.75 Å². The number of amides is 2. The predicted molar refractivity (Wildman–Crippen MR) is 111 cm³/mol. The fraction of sp³-hybridized carbons (Fsp3) is 0.273. The lowest BCUT2D eigenvalue weighted by atomic mass is 9.95. The zero-order chi connectivity index (χ0) is 21.5. The molecule has 30 heavy (non-hydrogen) atoms. The zero-order valence-corrected chi connectivity index (χ0v) is 16.6. The number of ether oxygens (including phenoxy) is 1.